The minimum atomic E-state index is -3.21. The molecule has 0 aromatic heterocycles. The fourth-order valence-corrected chi connectivity index (χ4v) is 3.17. The van der Waals surface area contributed by atoms with Crippen LogP contribution in [0.2, 0.25) is 0 Å². The van der Waals surface area contributed by atoms with Crippen molar-refractivity contribution < 1.29 is 13.2 Å². The molecule has 0 radical (unpaired) electrons. The van der Waals surface area contributed by atoms with Gasteiger partial charge in [0.25, 0.3) is 0 Å². The highest BCUT2D eigenvalue weighted by molar-refractivity contribution is 7.90. The second kappa shape index (κ2) is 8.16. The first-order chi connectivity index (χ1) is 11.8. The van der Waals surface area contributed by atoms with E-state index in [0.29, 0.717) is 6.54 Å². The van der Waals surface area contributed by atoms with Crippen LogP contribution < -0.4 is 10.6 Å². The first kappa shape index (κ1) is 19.0. The molecule has 0 unspecified atom stereocenters. The molecule has 0 saturated heterocycles. The molecule has 2 N–H and O–H groups in total. The van der Waals surface area contributed by atoms with Crippen molar-refractivity contribution in [3.63, 3.8) is 0 Å². The lowest BCUT2D eigenvalue weighted by Gasteiger charge is -2.15. The van der Waals surface area contributed by atoms with Crippen molar-refractivity contribution in [3.05, 3.63) is 65.2 Å². The molecule has 0 fully saturated rings. The molecular weight excluding hydrogens is 336 g/mol. The van der Waals surface area contributed by atoms with Crippen LogP contribution in [0, 0.1) is 6.92 Å². The summed E-state index contributed by atoms with van der Waals surface area (Å²) in [6.45, 7) is 4.46. The highest BCUT2D eigenvalue weighted by atomic mass is 32.2. The van der Waals surface area contributed by atoms with Crippen LogP contribution in [0.3, 0.4) is 0 Å². The minimum Gasteiger partial charge on any atom is -0.338 e. The van der Waals surface area contributed by atoms with Gasteiger partial charge >= 0.3 is 6.03 Å². The molecule has 0 aliphatic carbocycles. The van der Waals surface area contributed by atoms with E-state index in [1.165, 1.54) is 17.4 Å². The number of amides is 2. The van der Waals surface area contributed by atoms with Crippen LogP contribution in [0.4, 0.5) is 4.79 Å². The van der Waals surface area contributed by atoms with E-state index in [9.17, 15) is 13.2 Å². The molecule has 2 aromatic carbocycles. The smallest absolute Gasteiger partial charge is 0.315 e. The van der Waals surface area contributed by atoms with E-state index in [1.807, 2.05) is 19.1 Å². The largest absolute Gasteiger partial charge is 0.338 e. The highest BCUT2D eigenvalue weighted by Gasteiger charge is 2.11. The monoisotopic (exact) mass is 360 g/mol. The molecule has 0 heterocycles. The van der Waals surface area contributed by atoms with Crippen molar-refractivity contribution >= 4 is 15.9 Å². The zero-order valence-corrected chi connectivity index (χ0v) is 15.6. The number of benzene rings is 2. The van der Waals surface area contributed by atoms with Gasteiger partial charge in [0, 0.05) is 12.8 Å². The van der Waals surface area contributed by atoms with Crippen LogP contribution in [-0.2, 0) is 16.3 Å². The van der Waals surface area contributed by atoms with E-state index in [4.69, 9.17) is 0 Å². The van der Waals surface area contributed by atoms with Crippen LogP contribution >= 0.6 is 0 Å². The molecule has 0 spiro atoms. The van der Waals surface area contributed by atoms with Crippen molar-refractivity contribution in [2.75, 3.05) is 12.8 Å². The molecule has 0 saturated carbocycles. The number of aryl methyl sites for hydroxylation is 1. The van der Waals surface area contributed by atoms with Crippen LogP contribution in [0.1, 0.15) is 29.7 Å². The Balaban J connectivity index is 1.84. The zero-order chi connectivity index (χ0) is 18.4. The Morgan fingerprint density at radius 2 is 1.72 bits per heavy atom. The van der Waals surface area contributed by atoms with Crippen molar-refractivity contribution in [2.45, 2.75) is 31.2 Å². The topological polar surface area (TPSA) is 75.3 Å². The molecule has 2 amide bonds. The van der Waals surface area contributed by atoms with Gasteiger partial charge in [-0.15, -0.1) is 0 Å². The molecular formula is C19H24N2O3S. The standard InChI is InChI=1S/C19H24N2O3S/c1-14-6-4-5-7-16(14)12-13-20-19(22)21-15(2)17-8-10-18(11-9-17)25(3,23)24/h4-11,15H,12-13H2,1-3H3,(H2,20,21,22)/t15-/m1/s1. The van der Waals surface area contributed by atoms with E-state index < -0.39 is 9.84 Å². The van der Waals surface area contributed by atoms with Gasteiger partial charge in [-0.25, -0.2) is 13.2 Å². The summed E-state index contributed by atoms with van der Waals surface area (Å²) in [6.07, 6.45) is 1.95. The summed E-state index contributed by atoms with van der Waals surface area (Å²) in [6, 6.07) is 14.2. The average molecular weight is 360 g/mol. The molecule has 0 bridgehead atoms. The third kappa shape index (κ3) is 5.60. The lowest BCUT2D eigenvalue weighted by Crippen LogP contribution is -2.38. The van der Waals surface area contributed by atoms with Crippen molar-refractivity contribution in [2.24, 2.45) is 0 Å². The number of nitrogens with one attached hydrogen (secondary N) is 2. The molecule has 0 aliphatic heterocycles. The summed E-state index contributed by atoms with van der Waals surface area (Å²) in [4.78, 5) is 12.3. The number of hydrogen-bond acceptors (Lipinski definition) is 3. The van der Waals surface area contributed by atoms with Crippen LogP contribution in [0.5, 0.6) is 0 Å². The number of sulfone groups is 1. The second-order valence-corrected chi connectivity index (χ2v) is 8.16. The summed E-state index contributed by atoms with van der Waals surface area (Å²) in [5, 5.41) is 5.70. The third-order valence-corrected chi connectivity index (χ3v) is 5.23. The molecule has 0 aliphatic rings. The van der Waals surface area contributed by atoms with Gasteiger partial charge in [-0.1, -0.05) is 36.4 Å². The summed E-state index contributed by atoms with van der Waals surface area (Å²) in [5.74, 6) is 0. The van der Waals surface area contributed by atoms with Crippen molar-refractivity contribution in [3.8, 4) is 0 Å². The molecule has 5 nitrogen and oxygen atoms in total. The number of hydrogen-bond donors (Lipinski definition) is 2. The summed E-state index contributed by atoms with van der Waals surface area (Å²) in [7, 11) is -3.21. The van der Waals surface area contributed by atoms with Gasteiger partial charge < -0.3 is 10.6 Å². The molecule has 1 atom stereocenters. The molecule has 134 valence electrons. The van der Waals surface area contributed by atoms with E-state index in [-0.39, 0.29) is 17.0 Å². The molecule has 2 aromatic rings. The first-order valence-corrected chi connectivity index (χ1v) is 10.1. The Labute approximate surface area is 149 Å². The van der Waals surface area contributed by atoms with E-state index in [1.54, 1.807) is 24.3 Å². The van der Waals surface area contributed by atoms with E-state index in [2.05, 4.69) is 29.7 Å². The maximum absolute atomic E-state index is 12.0. The zero-order valence-electron chi connectivity index (χ0n) is 14.7. The lowest BCUT2D eigenvalue weighted by atomic mass is 10.1. The summed E-state index contributed by atoms with van der Waals surface area (Å²) >= 11 is 0. The van der Waals surface area contributed by atoms with Gasteiger partial charge in [0.05, 0.1) is 10.9 Å². The SMILES string of the molecule is Cc1ccccc1CCNC(=O)N[C@H](C)c1ccc(S(C)(=O)=O)cc1. The number of rotatable bonds is 6. The first-order valence-electron chi connectivity index (χ1n) is 8.16. The number of urea groups is 1. The Morgan fingerprint density at radius 1 is 1.08 bits per heavy atom. The van der Waals surface area contributed by atoms with Crippen LogP contribution in [-0.4, -0.2) is 27.2 Å². The lowest BCUT2D eigenvalue weighted by molar-refractivity contribution is 0.238. The van der Waals surface area contributed by atoms with Gasteiger partial charge in [0.2, 0.25) is 0 Å². The number of carbonyl (C=O) groups is 1. The van der Waals surface area contributed by atoms with Gasteiger partial charge in [0.1, 0.15) is 0 Å². The maximum Gasteiger partial charge on any atom is 0.315 e. The minimum absolute atomic E-state index is 0.216. The Kier molecular flexibility index (Phi) is 6.20. The normalized spacial score (nSPS) is 12.4. The second-order valence-electron chi connectivity index (χ2n) is 6.14. The van der Waals surface area contributed by atoms with Gasteiger partial charge in [-0.3, -0.25) is 0 Å². The van der Waals surface area contributed by atoms with Gasteiger partial charge in [0.15, 0.2) is 9.84 Å². The van der Waals surface area contributed by atoms with Crippen LogP contribution in [0.25, 0.3) is 0 Å². The summed E-state index contributed by atoms with van der Waals surface area (Å²) in [5.41, 5.74) is 3.28. The Hall–Kier alpha value is -2.34. The quantitative estimate of drug-likeness (QED) is 0.831. The van der Waals surface area contributed by atoms with Crippen LogP contribution in [0.15, 0.2) is 53.4 Å². The fourth-order valence-electron chi connectivity index (χ4n) is 2.54. The van der Waals surface area contributed by atoms with Gasteiger partial charge in [-0.05, 0) is 49.1 Å². The molecule has 25 heavy (non-hydrogen) atoms. The third-order valence-electron chi connectivity index (χ3n) is 4.10. The Morgan fingerprint density at radius 3 is 2.32 bits per heavy atom. The Bertz CT molecular complexity index is 830. The summed E-state index contributed by atoms with van der Waals surface area (Å²) < 4.78 is 22.9. The van der Waals surface area contributed by atoms with Crippen molar-refractivity contribution in [1.29, 1.82) is 0 Å². The highest BCUT2D eigenvalue weighted by Crippen LogP contribution is 2.16. The fraction of sp³-hybridized carbons (Fsp3) is 0.316. The van der Waals surface area contributed by atoms with Gasteiger partial charge in [-0.2, -0.15) is 0 Å². The average Bonchev–Trinajstić information content (AvgIpc) is 2.56. The molecule has 2 rings (SSSR count). The predicted octanol–water partition coefficient (Wildman–Crippen LogP) is 3.00. The predicted molar refractivity (Wildman–Crippen MR) is 99.4 cm³/mol. The van der Waals surface area contributed by atoms with Crippen molar-refractivity contribution in [1.82, 2.24) is 10.6 Å². The van der Waals surface area contributed by atoms with E-state index in [0.717, 1.165) is 12.0 Å². The van der Waals surface area contributed by atoms with E-state index >= 15 is 0 Å². The maximum atomic E-state index is 12.0. The number of carbonyl (C=O) groups excluding carboxylic acids is 1. The molecule has 6 heteroatoms.